The molecule has 5 nitrogen and oxygen atoms in total. The smallest absolute Gasteiger partial charge is 0.243 e. The Morgan fingerprint density at radius 1 is 1.19 bits per heavy atom. The van der Waals surface area contributed by atoms with E-state index in [0.717, 1.165) is 26.9 Å². The van der Waals surface area contributed by atoms with Gasteiger partial charge in [0.05, 0.1) is 24.2 Å². The van der Waals surface area contributed by atoms with E-state index < -0.39 is 10.0 Å². The number of halogens is 1. The van der Waals surface area contributed by atoms with E-state index in [-0.39, 0.29) is 4.90 Å². The summed E-state index contributed by atoms with van der Waals surface area (Å²) in [5.74, 6) is 0.769. The van der Waals surface area contributed by atoms with Crippen LogP contribution in [-0.4, -0.2) is 31.4 Å². The van der Waals surface area contributed by atoms with E-state index in [1.54, 1.807) is 25.3 Å². The summed E-state index contributed by atoms with van der Waals surface area (Å²) in [6, 6.07) is 14.1. The number of hydrogen-bond acceptors (Lipinski definition) is 5. The van der Waals surface area contributed by atoms with Crippen LogP contribution in [0.3, 0.4) is 0 Å². The van der Waals surface area contributed by atoms with Gasteiger partial charge in [0.25, 0.3) is 0 Å². The summed E-state index contributed by atoms with van der Waals surface area (Å²) in [6.45, 7) is 0.731. The second-order valence-corrected chi connectivity index (χ2v) is 9.62. The van der Waals surface area contributed by atoms with E-state index >= 15 is 0 Å². The largest absolute Gasteiger partial charge is 0.497 e. The van der Waals surface area contributed by atoms with Crippen molar-refractivity contribution >= 4 is 33.0 Å². The number of hydrogen-bond donors (Lipinski definition) is 0. The fourth-order valence-corrected chi connectivity index (χ4v) is 5.95. The highest BCUT2D eigenvalue weighted by Crippen LogP contribution is 2.34. The Morgan fingerprint density at radius 3 is 2.78 bits per heavy atom. The first-order valence-corrected chi connectivity index (χ1v) is 11.0. The van der Waals surface area contributed by atoms with Crippen LogP contribution in [-0.2, 0) is 23.0 Å². The first kappa shape index (κ1) is 18.4. The summed E-state index contributed by atoms with van der Waals surface area (Å²) < 4.78 is 32.7. The molecule has 140 valence electrons. The van der Waals surface area contributed by atoms with Gasteiger partial charge in [-0.25, -0.2) is 13.4 Å². The Kier molecular flexibility index (Phi) is 4.94. The van der Waals surface area contributed by atoms with Crippen LogP contribution in [0.5, 0.6) is 5.75 Å². The molecular formula is C19H17ClN2O3S2. The molecule has 1 aromatic heterocycles. The maximum atomic E-state index is 12.9. The molecule has 0 saturated heterocycles. The number of ether oxygens (including phenoxy) is 1. The number of thiazole rings is 1. The van der Waals surface area contributed by atoms with Gasteiger partial charge in [0, 0.05) is 28.4 Å². The molecule has 0 saturated carbocycles. The number of methoxy groups -OCH3 is 1. The summed E-state index contributed by atoms with van der Waals surface area (Å²) in [4.78, 5) is 5.92. The predicted octanol–water partition coefficient (Wildman–Crippen LogP) is 4.22. The number of sulfonamides is 1. The summed E-state index contributed by atoms with van der Waals surface area (Å²) in [5.41, 5.74) is 1.94. The molecule has 0 fully saturated rings. The van der Waals surface area contributed by atoms with Gasteiger partial charge in [-0.2, -0.15) is 4.31 Å². The van der Waals surface area contributed by atoms with Gasteiger partial charge >= 0.3 is 0 Å². The van der Waals surface area contributed by atoms with Crippen LogP contribution in [0.4, 0.5) is 0 Å². The molecule has 0 aliphatic carbocycles. The van der Waals surface area contributed by atoms with E-state index in [0.29, 0.717) is 24.5 Å². The van der Waals surface area contributed by atoms with Gasteiger partial charge in [-0.05, 0) is 30.3 Å². The van der Waals surface area contributed by atoms with Gasteiger partial charge in [0.15, 0.2) is 0 Å². The summed E-state index contributed by atoms with van der Waals surface area (Å²) >= 11 is 7.49. The van der Waals surface area contributed by atoms with Crippen LogP contribution in [0.1, 0.15) is 10.6 Å². The molecule has 0 unspecified atom stereocenters. The molecule has 0 N–H and O–H groups in total. The van der Waals surface area contributed by atoms with E-state index in [9.17, 15) is 8.42 Å². The topological polar surface area (TPSA) is 59.5 Å². The van der Waals surface area contributed by atoms with Crippen molar-refractivity contribution in [1.82, 2.24) is 9.29 Å². The fraction of sp³-hybridized carbons (Fsp3) is 0.211. The maximum absolute atomic E-state index is 12.9. The minimum atomic E-state index is -3.59. The monoisotopic (exact) mass is 420 g/mol. The molecule has 1 aliphatic heterocycles. The van der Waals surface area contributed by atoms with Crippen molar-refractivity contribution in [3.63, 3.8) is 0 Å². The highest BCUT2D eigenvalue weighted by atomic mass is 35.5. The minimum absolute atomic E-state index is 0.219. The summed E-state index contributed by atoms with van der Waals surface area (Å²) in [5, 5.41) is 1.28. The average molecular weight is 421 g/mol. The van der Waals surface area contributed by atoms with E-state index in [1.807, 2.05) is 24.3 Å². The Morgan fingerprint density at radius 2 is 2.00 bits per heavy atom. The third kappa shape index (κ3) is 3.60. The van der Waals surface area contributed by atoms with Crippen LogP contribution < -0.4 is 4.74 Å². The van der Waals surface area contributed by atoms with Crippen molar-refractivity contribution in [2.24, 2.45) is 0 Å². The first-order valence-electron chi connectivity index (χ1n) is 8.36. The number of aromatic nitrogens is 1. The van der Waals surface area contributed by atoms with Gasteiger partial charge < -0.3 is 4.74 Å². The zero-order valence-electron chi connectivity index (χ0n) is 14.6. The quantitative estimate of drug-likeness (QED) is 0.634. The molecule has 0 radical (unpaired) electrons. The molecule has 4 rings (SSSR count). The number of fused-ring (bicyclic) bond motifs is 1. The molecule has 2 heterocycles. The highest BCUT2D eigenvalue weighted by Gasteiger charge is 2.30. The average Bonchev–Trinajstić information content (AvgIpc) is 3.11. The second kappa shape index (κ2) is 7.24. The first-order chi connectivity index (χ1) is 13.0. The summed E-state index contributed by atoms with van der Waals surface area (Å²) in [7, 11) is -1.96. The molecule has 8 heteroatoms. The van der Waals surface area contributed by atoms with Crippen LogP contribution in [0.2, 0.25) is 5.02 Å². The zero-order chi connectivity index (χ0) is 19.0. The molecule has 0 amide bonds. The third-order valence-electron chi connectivity index (χ3n) is 4.45. The van der Waals surface area contributed by atoms with Gasteiger partial charge in [-0.1, -0.05) is 29.8 Å². The van der Waals surface area contributed by atoms with Crippen molar-refractivity contribution < 1.29 is 13.2 Å². The standard InChI is InChI=1S/C19H17ClN2O3S2/c1-25-15-6-2-4-13(10-15)19-21-17-8-9-22(12-18(17)26-19)27(23,24)16-7-3-5-14(20)11-16/h2-7,10-11H,8-9,12H2,1H3. The van der Waals surface area contributed by atoms with Crippen LogP contribution in [0, 0.1) is 0 Å². The normalized spacial score (nSPS) is 14.7. The van der Waals surface area contributed by atoms with E-state index in [4.69, 9.17) is 21.3 Å². The fourth-order valence-electron chi connectivity index (χ4n) is 3.03. The lowest BCUT2D eigenvalue weighted by molar-refractivity contribution is 0.393. The molecule has 2 aromatic carbocycles. The highest BCUT2D eigenvalue weighted by molar-refractivity contribution is 7.89. The molecular weight excluding hydrogens is 404 g/mol. The lowest BCUT2D eigenvalue weighted by atomic mass is 10.2. The molecule has 3 aromatic rings. The van der Waals surface area contributed by atoms with Crippen LogP contribution in [0.15, 0.2) is 53.4 Å². The number of rotatable bonds is 4. The van der Waals surface area contributed by atoms with Crippen molar-refractivity contribution in [1.29, 1.82) is 0 Å². The zero-order valence-corrected chi connectivity index (χ0v) is 16.9. The van der Waals surface area contributed by atoms with Crippen molar-refractivity contribution in [3.05, 3.63) is 64.1 Å². The molecule has 0 atom stereocenters. The lowest BCUT2D eigenvalue weighted by Gasteiger charge is -2.25. The second-order valence-electron chi connectivity index (χ2n) is 6.17. The molecule has 0 bridgehead atoms. The number of nitrogens with zero attached hydrogens (tertiary/aromatic N) is 2. The minimum Gasteiger partial charge on any atom is -0.497 e. The third-order valence-corrected chi connectivity index (χ3v) is 7.65. The molecule has 27 heavy (non-hydrogen) atoms. The van der Waals surface area contributed by atoms with Crippen molar-refractivity contribution in [2.75, 3.05) is 13.7 Å². The van der Waals surface area contributed by atoms with Crippen molar-refractivity contribution in [2.45, 2.75) is 17.9 Å². The molecule has 0 spiro atoms. The maximum Gasteiger partial charge on any atom is 0.243 e. The van der Waals surface area contributed by atoms with Gasteiger partial charge in [0.2, 0.25) is 10.0 Å². The van der Waals surface area contributed by atoms with Crippen LogP contribution >= 0.6 is 22.9 Å². The van der Waals surface area contributed by atoms with Gasteiger partial charge in [0.1, 0.15) is 10.8 Å². The summed E-state index contributed by atoms with van der Waals surface area (Å²) in [6.07, 6.45) is 0.593. The Hall–Kier alpha value is -1.93. The van der Waals surface area contributed by atoms with Gasteiger partial charge in [-0.15, -0.1) is 11.3 Å². The van der Waals surface area contributed by atoms with Crippen molar-refractivity contribution in [3.8, 4) is 16.3 Å². The SMILES string of the molecule is COc1cccc(-c2nc3c(s2)CN(S(=O)(=O)c2cccc(Cl)c2)CC3)c1. The van der Waals surface area contributed by atoms with E-state index in [2.05, 4.69) is 0 Å². The van der Waals surface area contributed by atoms with E-state index in [1.165, 1.54) is 21.7 Å². The molecule has 1 aliphatic rings. The lowest BCUT2D eigenvalue weighted by Crippen LogP contribution is -2.35. The predicted molar refractivity (Wildman–Crippen MR) is 107 cm³/mol. The Bertz CT molecular complexity index is 1100. The van der Waals surface area contributed by atoms with Gasteiger partial charge in [-0.3, -0.25) is 0 Å². The van der Waals surface area contributed by atoms with Crippen LogP contribution in [0.25, 0.3) is 10.6 Å². The Balaban J connectivity index is 1.63. The Labute approximate surface area is 167 Å². The number of benzene rings is 2.